The first-order valence-electron chi connectivity index (χ1n) is 7.09. The summed E-state index contributed by atoms with van der Waals surface area (Å²) in [6.45, 7) is 1.85. The van der Waals surface area contributed by atoms with Gasteiger partial charge in [0, 0.05) is 35.1 Å². The maximum atomic E-state index is 12.4. The summed E-state index contributed by atoms with van der Waals surface area (Å²) in [5.41, 5.74) is 1.55. The number of carbonyl (C=O) groups is 2. The van der Waals surface area contributed by atoms with Crippen molar-refractivity contribution in [3.8, 4) is 0 Å². The van der Waals surface area contributed by atoms with E-state index >= 15 is 0 Å². The van der Waals surface area contributed by atoms with Gasteiger partial charge in [0.25, 0.3) is 5.91 Å². The highest BCUT2D eigenvalue weighted by Gasteiger charge is 2.16. The van der Waals surface area contributed by atoms with Crippen molar-refractivity contribution in [1.29, 1.82) is 0 Å². The van der Waals surface area contributed by atoms with Crippen LogP contribution >= 0.6 is 11.3 Å². The maximum Gasteiger partial charge on any atom is 0.252 e. The summed E-state index contributed by atoms with van der Waals surface area (Å²) in [5, 5.41) is 5.67. The summed E-state index contributed by atoms with van der Waals surface area (Å²) in [6, 6.07) is 10.9. The van der Waals surface area contributed by atoms with Gasteiger partial charge < -0.3 is 10.3 Å². The molecule has 0 saturated carbocycles. The van der Waals surface area contributed by atoms with Crippen molar-refractivity contribution in [2.24, 2.45) is 0 Å². The molecule has 1 atom stereocenters. The zero-order chi connectivity index (χ0) is 15.5. The molecule has 22 heavy (non-hydrogen) atoms. The van der Waals surface area contributed by atoms with Crippen LogP contribution in [0.3, 0.4) is 0 Å². The fourth-order valence-corrected chi connectivity index (χ4v) is 3.13. The molecule has 5 heteroatoms. The van der Waals surface area contributed by atoms with Gasteiger partial charge >= 0.3 is 0 Å². The Morgan fingerprint density at radius 2 is 2.09 bits per heavy atom. The molecule has 0 fully saturated rings. The molecule has 0 saturated heterocycles. The Labute approximate surface area is 132 Å². The van der Waals surface area contributed by atoms with Crippen molar-refractivity contribution in [2.45, 2.75) is 19.4 Å². The lowest BCUT2D eigenvalue weighted by molar-refractivity contribution is 0.0920. The van der Waals surface area contributed by atoms with Crippen molar-refractivity contribution in [3.63, 3.8) is 0 Å². The van der Waals surface area contributed by atoms with Crippen molar-refractivity contribution in [2.75, 3.05) is 0 Å². The Balaban J connectivity index is 1.69. The standard InChI is InChI=1S/C17H16N2O2S/c1-11(10-15(20)16-6-3-9-22-16)19-17(21)13-4-2-5-14-12(13)7-8-18-14/h2-9,11,18H,10H2,1H3,(H,19,21). The quantitative estimate of drug-likeness (QED) is 0.707. The van der Waals surface area contributed by atoms with Crippen molar-refractivity contribution in [1.82, 2.24) is 10.3 Å². The zero-order valence-electron chi connectivity index (χ0n) is 12.1. The highest BCUT2D eigenvalue weighted by molar-refractivity contribution is 7.12. The van der Waals surface area contributed by atoms with Crippen LogP contribution in [0, 0.1) is 0 Å². The number of aromatic nitrogens is 1. The average Bonchev–Trinajstić information content (AvgIpc) is 3.17. The molecule has 0 radical (unpaired) electrons. The highest BCUT2D eigenvalue weighted by Crippen LogP contribution is 2.18. The van der Waals surface area contributed by atoms with Crippen LogP contribution in [0.25, 0.3) is 10.9 Å². The Bertz CT molecular complexity index is 805. The van der Waals surface area contributed by atoms with E-state index < -0.39 is 0 Å². The van der Waals surface area contributed by atoms with Crippen LogP contribution < -0.4 is 5.32 Å². The van der Waals surface area contributed by atoms with Crippen LogP contribution in [-0.4, -0.2) is 22.7 Å². The fraction of sp³-hybridized carbons (Fsp3) is 0.176. The predicted octanol–water partition coefficient (Wildman–Crippen LogP) is 3.62. The third-order valence-corrected chi connectivity index (χ3v) is 4.42. The minimum atomic E-state index is -0.212. The molecule has 2 aromatic heterocycles. The van der Waals surface area contributed by atoms with E-state index in [1.807, 2.05) is 48.8 Å². The van der Waals surface area contributed by atoms with E-state index in [-0.39, 0.29) is 17.7 Å². The third kappa shape index (κ3) is 2.94. The van der Waals surface area contributed by atoms with Gasteiger partial charge in [0.1, 0.15) is 0 Å². The van der Waals surface area contributed by atoms with Crippen LogP contribution in [0.15, 0.2) is 48.0 Å². The molecular formula is C17H16N2O2S. The van der Waals surface area contributed by atoms with Crippen LogP contribution in [0.4, 0.5) is 0 Å². The molecule has 2 N–H and O–H groups in total. The van der Waals surface area contributed by atoms with Crippen molar-refractivity contribution < 1.29 is 9.59 Å². The van der Waals surface area contributed by atoms with E-state index in [2.05, 4.69) is 10.3 Å². The second kappa shape index (κ2) is 6.15. The predicted molar refractivity (Wildman–Crippen MR) is 88.5 cm³/mol. The number of hydrogen-bond donors (Lipinski definition) is 2. The summed E-state index contributed by atoms with van der Waals surface area (Å²) in [5.74, 6) is -0.0978. The van der Waals surface area contributed by atoms with Crippen LogP contribution in [-0.2, 0) is 0 Å². The molecule has 2 heterocycles. The number of aromatic amines is 1. The summed E-state index contributed by atoms with van der Waals surface area (Å²) < 4.78 is 0. The highest BCUT2D eigenvalue weighted by atomic mass is 32.1. The van der Waals surface area contributed by atoms with Gasteiger partial charge in [-0.2, -0.15) is 0 Å². The monoisotopic (exact) mass is 312 g/mol. The molecule has 0 aliphatic heterocycles. The molecule has 1 aromatic carbocycles. The van der Waals surface area contributed by atoms with Gasteiger partial charge in [-0.15, -0.1) is 11.3 Å². The molecule has 3 rings (SSSR count). The molecule has 112 valence electrons. The van der Waals surface area contributed by atoms with E-state index in [4.69, 9.17) is 0 Å². The van der Waals surface area contributed by atoms with E-state index in [1.165, 1.54) is 11.3 Å². The van der Waals surface area contributed by atoms with Gasteiger partial charge in [0.15, 0.2) is 5.78 Å². The van der Waals surface area contributed by atoms with E-state index in [0.717, 1.165) is 15.8 Å². The molecule has 0 aliphatic rings. The Kier molecular flexibility index (Phi) is 4.06. The third-order valence-electron chi connectivity index (χ3n) is 3.50. The lowest BCUT2D eigenvalue weighted by Crippen LogP contribution is -2.34. The average molecular weight is 312 g/mol. The fourth-order valence-electron chi connectivity index (χ4n) is 2.45. The maximum absolute atomic E-state index is 12.4. The number of thiophene rings is 1. The smallest absolute Gasteiger partial charge is 0.252 e. The second-order valence-electron chi connectivity index (χ2n) is 5.22. The summed E-state index contributed by atoms with van der Waals surface area (Å²) in [4.78, 5) is 28.3. The number of carbonyl (C=O) groups excluding carboxylic acids is 2. The Morgan fingerprint density at radius 1 is 1.23 bits per heavy atom. The Hall–Kier alpha value is -2.40. The van der Waals surface area contributed by atoms with Gasteiger partial charge in [-0.05, 0) is 36.6 Å². The van der Waals surface area contributed by atoms with Gasteiger partial charge in [-0.25, -0.2) is 0 Å². The first-order valence-corrected chi connectivity index (χ1v) is 7.97. The van der Waals surface area contributed by atoms with Crippen molar-refractivity contribution >= 4 is 33.9 Å². The number of amides is 1. The number of H-pyrrole nitrogens is 1. The molecule has 3 aromatic rings. The molecule has 0 bridgehead atoms. The molecule has 1 amide bonds. The van der Waals surface area contributed by atoms with Gasteiger partial charge in [-0.3, -0.25) is 9.59 Å². The topological polar surface area (TPSA) is 62.0 Å². The number of fused-ring (bicyclic) bond motifs is 1. The number of Topliss-reactive ketones (excluding diaryl/α,β-unsaturated/α-hetero) is 1. The van der Waals surface area contributed by atoms with Crippen LogP contribution in [0.5, 0.6) is 0 Å². The van der Waals surface area contributed by atoms with E-state index in [1.54, 1.807) is 6.07 Å². The molecule has 1 unspecified atom stereocenters. The minimum Gasteiger partial charge on any atom is -0.361 e. The summed E-state index contributed by atoms with van der Waals surface area (Å²) in [6.07, 6.45) is 2.11. The molecule has 0 spiro atoms. The first-order chi connectivity index (χ1) is 10.6. The summed E-state index contributed by atoms with van der Waals surface area (Å²) >= 11 is 1.42. The molecule has 0 aliphatic carbocycles. The normalized spacial score (nSPS) is 12.2. The number of hydrogen-bond acceptors (Lipinski definition) is 3. The molecule has 4 nitrogen and oxygen atoms in total. The van der Waals surface area contributed by atoms with Crippen molar-refractivity contribution in [3.05, 3.63) is 58.4 Å². The SMILES string of the molecule is CC(CC(=O)c1cccs1)NC(=O)c1cccc2[nH]ccc12. The lowest BCUT2D eigenvalue weighted by Gasteiger charge is -2.13. The number of benzene rings is 1. The lowest BCUT2D eigenvalue weighted by atomic mass is 10.1. The van der Waals surface area contributed by atoms with Crippen LogP contribution in [0.1, 0.15) is 33.4 Å². The largest absolute Gasteiger partial charge is 0.361 e. The minimum absolute atomic E-state index is 0.0580. The number of ketones is 1. The first kappa shape index (κ1) is 14.5. The number of rotatable bonds is 5. The van der Waals surface area contributed by atoms with Gasteiger partial charge in [0.2, 0.25) is 0 Å². The van der Waals surface area contributed by atoms with Gasteiger partial charge in [0.05, 0.1) is 4.88 Å². The van der Waals surface area contributed by atoms with Crippen LogP contribution in [0.2, 0.25) is 0 Å². The summed E-state index contributed by atoms with van der Waals surface area (Å²) in [7, 11) is 0. The zero-order valence-corrected chi connectivity index (χ0v) is 12.9. The second-order valence-corrected chi connectivity index (χ2v) is 6.17. The molecular weight excluding hydrogens is 296 g/mol. The van der Waals surface area contributed by atoms with E-state index in [0.29, 0.717) is 12.0 Å². The van der Waals surface area contributed by atoms with Gasteiger partial charge in [-0.1, -0.05) is 12.1 Å². The van der Waals surface area contributed by atoms with E-state index in [9.17, 15) is 9.59 Å². The Morgan fingerprint density at radius 3 is 2.86 bits per heavy atom. The number of nitrogens with one attached hydrogen (secondary N) is 2.